The van der Waals surface area contributed by atoms with Crippen molar-refractivity contribution in [1.82, 2.24) is 0 Å². The number of hydrogen-bond acceptors (Lipinski definition) is 3. The summed E-state index contributed by atoms with van der Waals surface area (Å²) in [7, 11) is 3.06. The molecule has 1 aromatic rings. The summed E-state index contributed by atoms with van der Waals surface area (Å²) in [6, 6.07) is 1.77. The van der Waals surface area contributed by atoms with E-state index < -0.39 is 5.97 Å². The van der Waals surface area contributed by atoms with Crippen LogP contribution in [-0.4, -0.2) is 25.3 Å². The lowest BCUT2D eigenvalue weighted by Gasteiger charge is -2.15. The van der Waals surface area contributed by atoms with Crippen molar-refractivity contribution in [1.29, 1.82) is 0 Å². The highest BCUT2D eigenvalue weighted by molar-refractivity contribution is 6.33. The molecule has 0 heterocycles. The second-order valence-corrected chi connectivity index (χ2v) is 3.98. The van der Waals surface area contributed by atoms with Crippen LogP contribution in [0.25, 0.3) is 0 Å². The molecular formula is C12H15ClO4. The quantitative estimate of drug-likeness (QED) is 0.882. The molecule has 0 saturated carbocycles. The van der Waals surface area contributed by atoms with Crippen LogP contribution in [0.2, 0.25) is 5.02 Å². The van der Waals surface area contributed by atoms with Crippen molar-refractivity contribution in [3.8, 4) is 11.5 Å². The smallest absolute Gasteiger partial charge is 0.303 e. The zero-order valence-corrected chi connectivity index (χ0v) is 10.8. The number of carboxylic acids is 1. The van der Waals surface area contributed by atoms with Gasteiger partial charge >= 0.3 is 5.97 Å². The molecule has 0 aromatic heterocycles. The van der Waals surface area contributed by atoms with E-state index in [0.29, 0.717) is 22.9 Å². The van der Waals surface area contributed by atoms with Gasteiger partial charge in [-0.05, 0) is 25.0 Å². The summed E-state index contributed by atoms with van der Waals surface area (Å²) in [5.41, 5.74) is 1.52. The fourth-order valence-corrected chi connectivity index (χ4v) is 1.90. The average molecular weight is 259 g/mol. The fourth-order valence-electron chi connectivity index (χ4n) is 1.61. The van der Waals surface area contributed by atoms with Crippen molar-refractivity contribution in [2.45, 2.75) is 19.8 Å². The van der Waals surface area contributed by atoms with Crippen LogP contribution in [0.4, 0.5) is 0 Å². The highest BCUT2D eigenvalue weighted by Crippen LogP contribution is 2.38. The first-order valence-corrected chi connectivity index (χ1v) is 5.50. The van der Waals surface area contributed by atoms with Gasteiger partial charge in [-0.25, -0.2) is 0 Å². The second-order valence-electron chi connectivity index (χ2n) is 3.60. The number of aryl methyl sites for hydroxylation is 1. The normalized spacial score (nSPS) is 10.1. The molecule has 0 fully saturated rings. The SMILES string of the molecule is COc1cc(CCC(=O)O)c(OC)c(Cl)c1C. The van der Waals surface area contributed by atoms with Crippen molar-refractivity contribution >= 4 is 17.6 Å². The molecule has 0 aliphatic carbocycles. The summed E-state index contributed by atoms with van der Waals surface area (Å²) in [5.74, 6) is 0.296. The maximum absolute atomic E-state index is 10.6. The van der Waals surface area contributed by atoms with Crippen LogP contribution in [-0.2, 0) is 11.2 Å². The zero-order chi connectivity index (χ0) is 13.0. The van der Waals surface area contributed by atoms with E-state index in [9.17, 15) is 4.79 Å². The molecule has 0 unspecified atom stereocenters. The number of ether oxygens (including phenoxy) is 2. The Bertz CT molecular complexity index is 429. The number of benzene rings is 1. The number of rotatable bonds is 5. The molecule has 0 amide bonds. The second kappa shape index (κ2) is 5.77. The monoisotopic (exact) mass is 258 g/mol. The van der Waals surface area contributed by atoms with Crippen LogP contribution in [0, 0.1) is 6.92 Å². The molecule has 0 aliphatic rings. The minimum absolute atomic E-state index is 0.0267. The van der Waals surface area contributed by atoms with Crippen LogP contribution >= 0.6 is 11.6 Å². The molecule has 0 bridgehead atoms. The van der Waals surface area contributed by atoms with Gasteiger partial charge in [0.05, 0.1) is 19.2 Å². The summed E-state index contributed by atoms with van der Waals surface area (Å²) < 4.78 is 10.4. The van der Waals surface area contributed by atoms with Crippen LogP contribution in [0.15, 0.2) is 6.07 Å². The van der Waals surface area contributed by atoms with Crippen molar-refractivity contribution in [2.24, 2.45) is 0 Å². The first kappa shape index (κ1) is 13.6. The van der Waals surface area contributed by atoms with Gasteiger partial charge < -0.3 is 14.6 Å². The first-order valence-electron chi connectivity index (χ1n) is 5.13. The van der Waals surface area contributed by atoms with Crippen LogP contribution in [0.1, 0.15) is 17.5 Å². The van der Waals surface area contributed by atoms with Crippen LogP contribution in [0.5, 0.6) is 11.5 Å². The number of aliphatic carboxylic acids is 1. The predicted molar refractivity (Wildman–Crippen MR) is 65.2 cm³/mol. The Morgan fingerprint density at radius 2 is 2.06 bits per heavy atom. The minimum Gasteiger partial charge on any atom is -0.496 e. The zero-order valence-electron chi connectivity index (χ0n) is 10.0. The summed E-state index contributed by atoms with van der Waals surface area (Å²) in [4.78, 5) is 10.6. The van der Waals surface area contributed by atoms with Crippen molar-refractivity contribution < 1.29 is 19.4 Å². The molecule has 0 spiro atoms. The number of halogens is 1. The number of hydrogen-bond donors (Lipinski definition) is 1. The van der Waals surface area contributed by atoms with Gasteiger partial charge in [-0.2, -0.15) is 0 Å². The van der Waals surface area contributed by atoms with E-state index in [1.165, 1.54) is 7.11 Å². The predicted octanol–water partition coefficient (Wildman–Crippen LogP) is 2.68. The molecular weight excluding hydrogens is 244 g/mol. The Kier molecular flexibility index (Phi) is 4.63. The van der Waals surface area contributed by atoms with Crippen molar-refractivity contribution in [3.05, 3.63) is 22.2 Å². The number of carboxylic acid groups (broad SMARTS) is 1. The Labute approximate surface area is 105 Å². The third-order valence-corrected chi connectivity index (χ3v) is 2.98. The van der Waals surface area contributed by atoms with Gasteiger partial charge in [0.25, 0.3) is 0 Å². The molecule has 1 rings (SSSR count). The Morgan fingerprint density at radius 1 is 1.41 bits per heavy atom. The van der Waals surface area contributed by atoms with E-state index in [2.05, 4.69) is 0 Å². The molecule has 0 aliphatic heterocycles. The molecule has 4 nitrogen and oxygen atoms in total. The van der Waals surface area contributed by atoms with E-state index in [1.54, 1.807) is 13.2 Å². The number of methoxy groups -OCH3 is 2. The van der Waals surface area contributed by atoms with Gasteiger partial charge in [-0.3, -0.25) is 4.79 Å². The third-order valence-electron chi connectivity index (χ3n) is 2.53. The van der Waals surface area contributed by atoms with Gasteiger partial charge in [0.1, 0.15) is 11.5 Å². The third kappa shape index (κ3) is 3.03. The Morgan fingerprint density at radius 3 is 2.53 bits per heavy atom. The first-order chi connectivity index (χ1) is 8.01. The highest BCUT2D eigenvalue weighted by Gasteiger charge is 2.15. The topological polar surface area (TPSA) is 55.8 Å². The summed E-state index contributed by atoms with van der Waals surface area (Å²) in [5, 5.41) is 9.15. The number of carbonyl (C=O) groups is 1. The van der Waals surface area contributed by atoms with E-state index in [0.717, 1.165) is 11.1 Å². The summed E-state index contributed by atoms with van der Waals surface area (Å²) >= 11 is 6.15. The lowest BCUT2D eigenvalue weighted by Crippen LogP contribution is -2.02. The molecule has 0 saturated heterocycles. The van der Waals surface area contributed by atoms with Crippen molar-refractivity contribution in [3.63, 3.8) is 0 Å². The maximum Gasteiger partial charge on any atom is 0.303 e. The molecule has 1 aromatic carbocycles. The molecule has 5 heteroatoms. The van der Waals surface area contributed by atoms with Gasteiger partial charge in [0.2, 0.25) is 0 Å². The lowest BCUT2D eigenvalue weighted by molar-refractivity contribution is -0.136. The fraction of sp³-hybridized carbons (Fsp3) is 0.417. The maximum atomic E-state index is 10.6. The van der Waals surface area contributed by atoms with E-state index in [1.807, 2.05) is 6.92 Å². The molecule has 0 radical (unpaired) electrons. The van der Waals surface area contributed by atoms with Gasteiger partial charge in [0.15, 0.2) is 0 Å². The Balaban J connectivity index is 3.17. The van der Waals surface area contributed by atoms with E-state index in [-0.39, 0.29) is 6.42 Å². The van der Waals surface area contributed by atoms with E-state index in [4.69, 9.17) is 26.2 Å². The molecule has 17 heavy (non-hydrogen) atoms. The minimum atomic E-state index is -0.859. The molecule has 0 atom stereocenters. The summed E-state index contributed by atoms with van der Waals surface area (Å²) in [6.07, 6.45) is 0.383. The van der Waals surface area contributed by atoms with Crippen molar-refractivity contribution in [2.75, 3.05) is 14.2 Å². The lowest BCUT2D eigenvalue weighted by atomic mass is 10.0. The molecule has 1 N–H and O–H groups in total. The Hall–Kier alpha value is -1.42. The van der Waals surface area contributed by atoms with Gasteiger partial charge in [-0.1, -0.05) is 11.6 Å². The van der Waals surface area contributed by atoms with Crippen LogP contribution < -0.4 is 9.47 Å². The summed E-state index contributed by atoms with van der Waals surface area (Å²) in [6.45, 7) is 1.82. The standard InChI is InChI=1S/C12H15ClO4/c1-7-9(16-2)6-8(4-5-10(14)15)12(17-3)11(7)13/h6H,4-5H2,1-3H3,(H,14,15). The molecule has 94 valence electrons. The largest absolute Gasteiger partial charge is 0.496 e. The average Bonchev–Trinajstić information content (AvgIpc) is 2.30. The van der Waals surface area contributed by atoms with E-state index >= 15 is 0 Å². The van der Waals surface area contributed by atoms with Gasteiger partial charge in [-0.15, -0.1) is 0 Å². The highest BCUT2D eigenvalue weighted by atomic mass is 35.5. The van der Waals surface area contributed by atoms with Gasteiger partial charge in [0, 0.05) is 12.0 Å². The van der Waals surface area contributed by atoms with Crippen LogP contribution in [0.3, 0.4) is 0 Å².